The lowest BCUT2D eigenvalue weighted by Gasteiger charge is -2.42. The van der Waals surface area contributed by atoms with Crippen LogP contribution in [0.25, 0.3) is 0 Å². The topological polar surface area (TPSA) is 192 Å². The van der Waals surface area contributed by atoms with Crippen molar-refractivity contribution in [2.75, 3.05) is 39.5 Å². The summed E-state index contributed by atoms with van der Waals surface area (Å²) in [6.07, 6.45) is 1.58. The van der Waals surface area contributed by atoms with Crippen molar-refractivity contribution in [1.82, 2.24) is 4.90 Å². The van der Waals surface area contributed by atoms with Gasteiger partial charge in [-0.3, -0.25) is 14.4 Å². The smallest absolute Gasteiger partial charge is 0.336 e. The number of hydrogen-bond acceptors (Lipinski definition) is 10. The molecular weight excluding hydrogens is 571 g/mol. The van der Waals surface area contributed by atoms with Gasteiger partial charge in [0.25, 0.3) is 0 Å². The van der Waals surface area contributed by atoms with Gasteiger partial charge in [0.05, 0.1) is 37.2 Å². The molecule has 0 radical (unpaired) electrons. The van der Waals surface area contributed by atoms with Crippen LogP contribution in [0.4, 0.5) is 4.39 Å². The normalized spacial score (nSPS) is 23.8. The number of aliphatic carboxylic acids is 3. The summed E-state index contributed by atoms with van der Waals surface area (Å²) in [5, 5.41) is 38.0. The summed E-state index contributed by atoms with van der Waals surface area (Å²) < 4.78 is 24.3. The second-order valence-corrected chi connectivity index (χ2v) is 11.2. The van der Waals surface area contributed by atoms with E-state index in [1.165, 1.54) is 12.1 Å². The zero-order valence-electron chi connectivity index (χ0n) is 24.1. The lowest BCUT2D eigenvalue weighted by atomic mass is 9.74. The van der Waals surface area contributed by atoms with Gasteiger partial charge < -0.3 is 39.6 Å². The first-order valence-electron chi connectivity index (χ1n) is 14.2. The first-order chi connectivity index (χ1) is 20.4. The zero-order chi connectivity index (χ0) is 31.6. The van der Waals surface area contributed by atoms with Crippen molar-refractivity contribution in [3.05, 3.63) is 35.6 Å². The van der Waals surface area contributed by atoms with Gasteiger partial charge in [-0.25, -0.2) is 9.18 Å². The Kier molecular flexibility index (Phi) is 12.0. The van der Waals surface area contributed by atoms with E-state index in [1.807, 2.05) is 6.92 Å². The van der Waals surface area contributed by atoms with Crippen molar-refractivity contribution in [1.29, 1.82) is 0 Å². The number of likely N-dealkylation sites (tertiary alicyclic amines) is 1. The van der Waals surface area contributed by atoms with Gasteiger partial charge in [-0.1, -0.05) is 17.3 Å². The summed E-state index contributed by atoms with van der Waals surface area (Å²) in [5.74, 6) is -4.88. The molecular formula is C29H39FN2O11. The van der Waals surface area contributed by atoms with E-state index in [0.29, 0.717) is 31.9 Å². The van der Waals surface area contributed by atoms with Crippen LogP contribution in [0.3, 0.4) is 0 Å². The Morgan fingerprint density at radius 1 is 1.14 bits per heavy atom. The van der Waals surface area contributed by atoms with Crippen LogP contribution < -0.4 is 0 Å². The fraction of sp³-hybridized carbons (Fsp3) is 0.621. The molecule has 3 aliphatic rings. The van der Waals surface area contributed by atoms with Crippen molar-refractivity contribution in [3.63, 3.8) is 0 Å². The van der Waals surface area contributed by atoms with Crippen LogP contribution in [0.2, 0.25) is 0 Å². The molecule has 238 valence electrons. The highest BCUT2D eigenvalue weighted by atomic mass is 19.1. The molecule has 2 fully saturated rings. The molecule has 14 heteroatoms. The number of rotatable bonds is 12. The van der Waals surface area contributed by atoms with Gasteiger partial charge in [-0.05, 0) is 56.3 Å². The van der Waals surface area contributed by atoms with E-state index in [9.17, 15) is 23.6 Å². The van der Waals surface area contributed by atoms with Crippen LogP contribution in [0.15, 0.2) is 29.4 Å². The molecule has 4 N–H and O–H groups in total. The molecule has 13 nitrogen and oxygen atoms in total. The van der Waals surface area contributed by atoms with E-state index >= 15 is 0 Å². The third-order valence-corrected chi connectivity index (χ3v) is 7.72. The fourth-order valence-corrected chi connectivity index (χ4v) is 5.68. The van der Waals surface area contributed by atoms with Crippen LogP contribution >= 0.6 is 0 Å². The van der Waals surface area contributed by atoms with Crippen LogP contribution in [0.5, 0.6) is 0 Å². The highest BCUT2D eigenvalue weighted by molar-refractivity contribution is 6.01. The van der Waals surface area contributed by atoms with E-state index in [4.69, 9.17) is 34.7 Å². The number of carbonyl (C=O) groups is 4. The molecule has 1 aromatic carbocycles. The molecule has 1 aromatic rings. The Hall–Kier alpha value is -3.62. The van der Waals surface area contributed by atoms with Crippen molar-refractivity contribution in [2.24, 2.45) is 16.5 Å². The molecule has 43 heavy (non-hydrogen) atoms. The molecule has 0 saturated carbocycles. The maximum absolute atomic E-state index is 13.2. The van der Waals surface area contributed by atoms with Gasteiger partial charge >= 0.3 is 23.9 Å². The predicted molar refractivity (Wildman–Crippen MR) is 148 cm³/mol. The molecule has 0 bridgehead atoms. The predicted octanol–water partition coefficient (Wildman–Crippen LogP) is 2.14. The molecule has 4 rings (SSSR count). The quantitative estimate of drug-likeness (QED) is 0.252. The molecule has 0 aromatic heterocycles. The summed E-state index contributed by atoms with van der Waals surface area (Å²) in [4.78, 5) is 51.7. The molecule has 3 aliphatic heterocycles. The molecule has 3 atom stereocenters. The van der Waals surface area contributed by atoms with Gasteiger partial charge in [-0.2, -0.15) is 0 Å². The van der Waals surface area contributed by atoms with E-state index in [2.05, 4.69) is 10.1 Å². The second-order valence-electron chi connectivity index (χ2n) is 11.2. The van der Waals surface area contributed by atoms with Crippen molar-refractivity contribution < 1.29 is 58.3 Å². The number of piperidine rings is 1. The molecule has 0 spiro atoms. The van der Waals surface area contributed by atoms with E-state index in [1.54, 1.807) is 12.1 Å². The van der Waals surface area contributed by atoms with Gasteiger partial charge in [0.2, 0.25) is 0 Å². The third-order valence-electron chi connectivity index (χ3n) is 7.72. The monoisotopic (exact) mass is 610 g/mol. The Morgan fingerprint density at radius 3 is 2.37 bits per heavy atom. The number of carboxylic acids is 3. The minimum atomic E-state index is -2.74. The SMILES string of the molecule is CCOC(=O)C1(CC2CC(c3ccc(F)cc3)=NO2)CCCN(CC2CCOC2)C1.O=C(O)CC(O)(CC(=O)O)C(=O)O. The zero-order valence-corrected chi connectivity index (χ0v) is 24.1. The number of halogens is 1. The fourth-order valence-electron chi connectivity index (χ4n) is 5.68. The van der Waals surface area contributed by atoms with Gasteiger partial charge in [0.1, 0.15) is 11.9 Å². The van der Waals surface area contributed by atoms with Crippen LogP contribution in [-0.2, 0) is 33.5 Å². The molecule has 3 heterocycles. The lowest BCUT2D eigenvalue weighted by Crippen LogP contribution is -2.51. The highest BCUT2D eigenvalue weighted by Gasteiger charge is 2.47. The Labute approximate surface area is 248 Å². The first kappa shape index (κ1) is 33.9. The first-order valence-corrected chi connectivity index (χ1v) is 14.2. The standard InChI is InChI=1S/C23H31FN2O4.C6H8O7/c1-2-29-22(27)23(9-3-10-26(16-23)14-17-8-11-28-15-17)13-20-12-21(25-30-20)18-4-6-19(24)7-5-18;7-3(8)1-6(13,5(11)12)2-4(9)10/h4-7,17,20H,2-3,8-16H2,1H3;13H,1-2H2,(H,7,8)(H,9,10)(H,11,12). The average molecular weight is 611 g/mol. The van der Waals surface area contributed by atoms with E-state index < -0.39 is 41.8 Å². The Balaban J connectivity index is 0.000000331. The summed E-state index contributed by atoms with van der Waals surface area (Å²) in [6.45, 7) is 6.52. The second kappa shape index (κ2) is 15.2. The van der Waals surface area contributed by atoms with Gasteiger partial charge in [-0.15, -0.1) is 0 Å². The minimum absolute atomic E-state index is 0.129. The number of carbonyl (C=O) groups excluding carboxylic acids is 1. The number of esters is 1. The van der Waals surface area contributed by atoms with Gasteiger partial charge in [0, 0.05) is 32.5 Å². The number of aliphatic hydroxyl groups is 1. The summed E-state index contributed by atoms with van der Waals surface area (Å²) in [7, 11) is 0. The lowest BCUT2D eigenvalue weighted by molar-refractivity contribution is -0.170. The number of oxime groups is 1. The van der Waals surface area contributed by atoms with E-state index in [0.717, 1.165) is 56.8 Å². The molecule has 0 amide bonds. The third kappa shape index (κ3) is 9.70. The van der Waals surface area contributed by atoms with Crippen molar-refractivity contribution in [2.45, 2.75) is 63.6 Å². The molecule has 2 saturated heterocycles. The maximum atomic E-state index is 13.2. The van der Waals surface area contributed by atoms with Crippen LogP contribution in [0.1, 0.15) is 57.4 Å². The maximum Gasteiger partial charge on any atom is 0.336 e. The van der Waals surface area contributed by atoms with Gasteiger partial charge in [0.15, 0.2) is 5.60 Å². The summed E-state index contributed by atoms with van der Waals surface area (Å²) in [5.41, 5.74) is -1.66. The van der Waals surface area contributed by atoms with Crippen molar-refractivity contribution in [3.8, 4) is 0 Å². The summed E-state index contributed by atoms with van der Waals surface area (Å²) in [6, 6.07) is 6.29. The number of benzene rings is 1. The number of ether oxygens (including phenoxy) is 2. The van der Waals surface area contributed by atoms with Crippen LogP contribution in [-0.4, -0.2) is 106 Å². The Morgan fingerprint density at radius 2 is 1.81 bits per heavy atom. The number of nitrogens with zero attached hydrogens (tertiary/aromatic N) is 2. The van der Waals surface area contributed by atoms with Crippen LogP contribution in [0, 0.1) is 17.2 Å². The largest absolute Gasteiger partial charge is 0.481 e. The van der Waals surface area contributed by atoms with E-state index in [-0.39, 0.29) is 17.9 Å². The summed E-state index contributed by atoms with van der Waals surface area (Å²) >= 11 is 0. The molecule has 0 aliphatic carbocycles. The number of carboxylic acid groups (broad SMARTS) is 3. The highest BCUT2D eigenvalue weighted by Crippen LogP contribution is 2.39. The average Bonchev–Trinajstić information content (AvgIpc) is 3.61. The molecule has 3 unspecified atom stereocenters. The minimum Gasteiger partial charge on any atom is -0.481 e. The Bertz CT molecular complexity index is 1150. The van der Waals surface area contributed by atoms with Crippen molar-refractivity contribution >= 4 is 29.6 Å². The number of hydrogen-bond donors (Lipinski definition) is 4.